The number of benzene rings is 2. The number of fused-ring (bicyclic) bond motifs is 1. The number of nitrogens with zero attached hydrogens (tertiary/aromatic N) is 4. The van der Waals surface area contributed by atoms with Gasteiger partial charge in [-0.25, -0.2) is 27.2 Å². The van der Waals surface area contributed by atoms with Crippen LogP contribution in [0, 0.1) is 19.3 Å². The van der Waals surface area contributed by atoms with Crippen molar-refractivity contribution in [3.05, 3.63) is 41.7 Å². The van der Waals surface area contributed by atoms with E-state index in [-0.39, 0.29) is 12.8 Å². The van der Waals surface area contributed by atoms with Crippen LogP contribution in [0.4, 0.5) is 37.3 Å². The number of aliphatic hydroxyl groups excluding tert-OH is 1. The van der Waals surface area contributed by atoms with E-state index in [0.717, 1.165) is 53.9 Å². The first-order valence-electron chi connectivity index (χ1n) is 14.6. The van der Waals surface area contributed by atoms with Gasteiger partial charge in [0.15, 0.2) is 0 Å². The number of anilines is 5. The van der Waals surface area contributed by atoms with E-state index in [1.807, 2.05) is 36.1 Å². The molecule has 3 aliphatic rings. The highest BCUT2D eigenvalue weighted by Gasteiger charge is 2.44. The standard InChI is InChI=1S/C30H38F2N6O3S/c1-20-15-22(17-24(16-20)37-11-7-30(31,32)8-12-37)35-28-27-25(33-21(2)34-28)18-23(36-42(40,41)14-13-39)19-26(27)38-9-5-29(3-4-29)6-10-38/h15-19,36,39H,3-14H2,1-2H3,(H,33,34,35). The van der Waals surface area contributed by atoms with Crippen LogP contribution in [0.5, 0.6) is 0 Å². The van der Waals surface area contributed by atoms with Gasteiger partial charge in [-0.05, 0) is 80.8 Å². The Labute approximate surface area is 245 Å². The number of aliphatic hydroxyl groups is 1. The quantitative estimate of drug-likeness (QED) is 0.318. The maximum absolute atomic E-state index is 13.8. The van der Waals surface area contributed by atoms with Gasteiger partial charge in [-0.2, -0.15) is 0 Å². The Morgan fingerprint density at radius 1 is 0.881 bits per heavy atom. The van der Waals surface area contributed by atoms with Crippen LogP contribution in [-0.4, -0.2) is 68.0 Å². The van der Waals surface area contributed by atoms with E-state index in [1.165, 1.54) is 12.8 Å². The van der Waals surface area contributed by atoms with Crippen molar-refractivity contribution in [2.45, 2.75) is 58.3 Å². The Morgan fingerprint density at radius 3 is 2.24 bits per heavy atom. The molecule has 2 aliphatic heterocycles. The van der Waals surface area contributed by atoms with Gasteiger partial charge in [-0.3, -0.25) is 4.72 Å². The molecule has 1 saturated carbocycles. The molecule has 9 nitrogen and oxygen atoms in total. The topological polar surface area (TPSA) is 111 Å². The zero-order valence-corrected chi connectivity index (χ0v) is 24.9. The van der Waals surface area contributed by atoms with Crippen molar-refractivity contribution < 1.29 is 22.3 Å². The molecule has 2 aromatic carbocycles. The molecule has 3 aromatic rings. The number of aryl methyl sites for hydroxylation is 2. The molecule has 6 rings (SSSR count). The van der Waals surface area contributed by atoms with E-state index < -0.39 is 28.3 Å². The molecule has 1 spiro atoms. The van der Waals surface area contributed by atoms with Gasteiger partial charge >= 0.3 is 0 Å². The molecular formula is C30H38F2N6O3S. The fourth-order valence-electron chi connectivity index (χ4n) is 6.25. The summed E-state index contributed by atoms with van der Waals surface area (Å²) in [6.07, 6.45) is 4.37. The summed E-state index contributed by atoms with van der Waals surface area (Å²) in [5.41, 5.74) is 4.96. The zero-order chi connectivity index (χ0) is 29.7. The molecule has 1 aromatic heterocycles. The van der Waals surface area contributed by atoms with Crippen molar-refractivity contribution in [3.63, 3.8) is 0 Å². The fraction of sp³-hybridized carbons (Fsp3) is 0.533. The van der Waals surface area contributed by atoms with Crippen LogP contribution in [0.25, 0.3) is 10.9 Å². The molecular weight excluding hydrogens is 562 g/mol. The van der Waals surface area contributed by atoms with Crippen LogP contribution in [0.3, 0.4) is 0 Å². The van der Waals surface area contributed by atoms with Crippen molar-refractivity contribution >= 4 is 49.5 Å². The second-order valence-electron chi connectivity index (χ2n) is 12.2. The molecule has 0 atom stereocenters. The van der Waals surface area contributed by atoms with E-state index in [0.29, 0.717) is 41.4 Å². The van der Waals surface area contributed by atoms with E-state index >= 15 is 0 Å². The molecule has 2 saturated heterocycles. The molecule has 1 aliphatic carbocycles. The first kappa shape index (κ1) is 28.9. The average Bonchev–Trinajstić information content (AvgIpc) is 3.66. The Bertz CT molecular complexity index is 1590. The molecule has 0 radical (unpaired) electrons. The lowest BCUT2D eigenvalue weighted by Crippen LogP contribution is -2.39. The lowest BCUT2D eigenvalue weighted by Gasteiger charge is -2.35. The summed E-state index contributed by atoms with van der Waals surface area (Å²) >= 11 is 0. The second kappa shape index (κ2) is 10.8. The minimum Gasteiger partial charge on any atom is -0.395 e. The highest BCUT2D eigenvalue weighted by Crippen LogP contribution is 2.54. The minimum absolute atomic E-state index is 0.162. The highest BCUT2D eigenvalue weighted by molar-refractivity contribution is 7.92. The van der Waals surface area contributed by atoms with Gasteiger partial charge in [0.2, 0.25) is 10.0 Å². The molecule has 0 unspecified atom stereocenters. The minimum atomic E-state index is -3.73. The SMILES string of the molecule is Cc1cc(Nc2nc(C)nc3cc(NS(=O)(=O)CCO)cc(N4CCC5(CC4)CC5)c23)cc(N2CCC(F)(F)CC2)c1. The number of alkyl halides is 2. The summed E-state index contributed by atoms with van der Waals surface area (Å²) in [4.78, 5) is 13.8. The van der Waals surface area contributed by atoms with E-state index in [2.05, 4.69) is 14.9 Å². The van der Waals surface area contributed by atoms with Gasteiger partial charge in [0.25, 0.3) is 5.92 Å². The van der Waals surface area contributed by atoms with Crippen LogP contribution in [-0.2, 0) is 10.0 Å². The molecule has 3 N–H and O–H groups in total. The smallest absolute Gasteiger partial charge is 0.251 e. The van der Waals surface area contributed by atoms with Gasteiger partial charge in [0.1, 0.15) is 11.6 Å². The molecule has 3 heterocycles. The van der Waals surface area contributed by atoms with Gasteiger partial charge < -0.3 is 20.2 Å². The van der Waals surface area contributed by atoms with Gasteiger partial charge in [-0.15, -0.1) is 0 Å². The summed E-state index contributed by atoms with van der Waals surface area (Å²) in [6.45, 7) is 5.58. The lowest BCUT2D eigenvalue weighted by atomic mass is 9.93. The molecule has 3 fully saturated rings. The number of piperidine rings is 2. The Morgan fingerprint density at radius 2 is 1.57 bits per heavy atom. The van der Waals surface area contributed by atoms with Crippen molar-refractivity contribution in [1.82, 2.24) is 9.97 Å². The average molecular weight is 601 g/mol. The predicted molar refractivity (Wildman–Crippen MR) is 163 cm³/mol. The third-order valence-corrected chi connectivity index (χ3v) is 10.1. The second-order valence-corrected chi connectivity index (χ2v) is 14.0. The Hall–Kier alpha value is -3.25. The molecule has 0 bridgehead atoms. The van der Waals surface area contributed by atoms with Crippen molar-refractivity contribution in [2.24, 2.45) is 5.41 Å². The summed E-state index contributed by atoms with van der Waals surface area (Å²) in [5.74, 6) is -1.89. The predicted octanol–water partition coefficient (Wildman–Crippen LogP) is 5.34. The summed E-state index contributed by atoms with van der Waals surface area (Å²) in [6, 6.07) is 9.52. The number of hydrogen-bond acceptors (Lipinski definition) is 8. The lowest BCUT2D eigenvalue weighted by molar-refractivity contribution is -0.0220. The van der Waals surface area contributed by atoms with Gasteiger partial charge in [-0.1, -0.05) is 0 Å². The maximum Gasteiger partial charge on any atom is 0.251 e. The molecule has 42 heavy (non-hydrogen) atoms. The largest absolute Gasteiger partial charge is 0.395 e. The van der Waals surface area contributed by atoms with Crippen molar-refractivity contribution in [1.29, 1.82) is 0 Å². The summed E-state index contributed by atoms with van der Waals surface area (Å²) in [5, 5.41) is 13.5. The number of aromatic nitrogens is 2. The summed E-state index contributed by atoms with van der Waals surface area (Å²) in [7, 11) is -3.73. The monoisotopic (exact) mass is 600 g/mol. The van der Waals surface area contributed by atoms with Crippen LogP contribution < -0.4 is 19.8 Å². The third-order valence-electron chi connectivity index (χ3n) is 8.83. The van der Waals surface area contributed by atoms with Crippen LogP contribution >= 0.6 is 0 Å². The van der Waals surface area contributed by atoms with Crippen LogP contribution in [0.15, 0.2) is 30.3 Å². The first-order valence-corrected chi connectivity index (χ1v) is 16.3. The first-order chi connectivity index (χ1) is 19.9. The Balaban J connectivity index is 1.39. The van der Waals surface area contributed by atoms with Gasteiger partial charge in [0.05, 0.1) is 34.6 Å². The fourth-order valence-corrected chi connectivity index (χ4v) is 7.07. The third kappa shape index (κ3) is 6.24. The van der Waals surface area contributed by atoms with Crippen LogP contribution in [0.1, 0.15) is 49.9 Å². The molecule has 226 valence electrons. The van der Waals surface area contributed by atoms with E-state index in [9.17, 15) is 22.3 Å². The molecule has 12 heteroatoms. The molecule has 0 amide bonds. The highest BCUT2D eigenvalue weighted by atomic mass is 32.2. The number of rotatable bonds is 8. The number of halogens is 2. The zero-order valence-electron chi connectivity index (χ0n) is 24.1. The van der Waals surface area contributed by atoms with Gasteiger partial charge in [0, 0.05) is 50.4 Å². The normalized spacial score (nSPS) is 19.7. The number of nitrogens with one attached hydrogen (secondary N) is 2. The van der Waals surface area contributed by atoms with Crippen molar-refractivity contribution in [2.75, 3.05) is 58.4 Å². The Kier molecular flexibility index (Phi) is 7.41. The number of sulfonamides is 1. The van der Waals surface area contributed by atoms with Crippen molar-refractivity contribution in [3.8, 4) is 0 Å². The van der Waals surface area contributed by atoms with E-state index in [1.54, 1.807) is 13.0 Å². The number of hydrogen-bond donors (Lipinski definition) is 3. The van der Waals surface area contributed by atoms with Crippen LogP contribution in [0.2, 0.25) is 0 Å². The van der Waals surface area contributed by atoms with E-state index in [4.69, 9.17) is 9.97 Å². The maximum atomic E-state index is 13.8. The summed E-state index contributed by atoms with van der Waals surface area (Å²) < 4.78 is 55.3.